The number of nitrogens with one attached hydrogen (secondary N) is 2. The van der Waals surface area contributed by atoms with Crippen molar-refractivity contribution in [3.05, 3.63) is 59.9 Å². The van der Waals surface area contributed by atoms with Gasteiger partial charge in [0.2, 0.25) is 5.91 Å². The lowest BCUT2D eigenvalue weighted by atomic mass is 10.1. The van der Waals surface area contributed by atoms with Gasteiger partial charge in [0, 0.05) is 6.54 Å². The van der Waals surface area contributed by atoms with Gasteiger partial charge in [-0.1, -0.05) is 31.2 Å². The molecule has 2 aromatic rings. The molecule has 0 saturated carbocycles. The first-order valence-corrected chi connectivity index (χ1v) is 9.37. The molecular formula is C21H22FN3O4. The van der Waals surface area contributed by atoms with E-state index in [-0.39, 0.29) is 24.6 Å². The Morgan fingerprint density at radius 3 is 2.59 bits per heavy atom. The molecule has 2 aromatic carbocycles. The average Bonchev–Trinajstić information content (AvgIpc) is 2.75. The highest BCUT2D eigenvalue weighted by Gasteiger charge is 2.33. The van der Waals surface area contributed by atoms with Crippen molar-refractivity contribution in [3.8, 4) is 5.75 Å². The van der Waals surface area contributed by atoms with Crippen molar-refractivity contribution in [2.45, 2.75) is 19.4 Å². The summed E-state index contributed by atoms with van der Waals surface area (Å²) in [6.07, 6.45) is -0.0811. The van der Waals surface area contributed by atoms with Crippen molar-refractivity contribution in [2.75, 3.05) is 24.5 Å². The van der Waals surface area contributed by atoms with Crippen LogP contribution < -0.4 is 20.3 Å². The monoisotopic (exact) mass is 399 g/mol. The smallest absolute Gasteiger partial charge is 0.262 e. The Labute approximate surface area is 167 Å². The van der Waals surface area contributed by atoms with E-state index in [2.05, 4.69) is 10.6 Å². The predicted molar refractivity (Wildman–Crippen MR) is 105 cm³/mol. The quantitative estimate of drug-likeness (QED) is 0.776. The maximum atomic E-state index is 13.7. The van der Waals surface area contributed by atoms with E-state index in [4.69, 9.17) is 4.74 Å². The van der Waals surface area contributed by atoms with Crippen LogP contribution in [0.5, 0.6) is 5.75 Å². The van der Waals surface area contributed by atoms with Gasteiger partial charge in [0.15, 0.2) is 6.10 Å². The van der Waals surface area contributed by atoms with Crippen LogP contribution in [-0.4, -0.2) is 43.5 Å². The number of ether oxygens (including phenoxy) is 1. The molecule has 1 heterocycles. The van der Waals surface area contributed by atoms with Crippen molar-refractivity contribution in [1.82, 2.24) is 10.6 Å². The predicted octanol–water partition coefficient (Wildman–Crippen LogP) is 1.88. The first-order valence-electron chi connectivity index (χ1n) is 9.37. The van der Waals surface area contributed by atoms with E-state index in [1.165, 1.54) is 29.2 Å². The highest BCUT2D eigenvalue weighted by Crippen LogP contribution is 2.33. The van der Waals surface area contributed by atoms with Gasteiger partial charge in [0.05, 0.1) is 24.3 Å². The molecule has 3 amide bonds. The fourth-order valence-electron chi connectivity index (χ4n) is 2.96. The molecule has 0 aromatic heterocycles. The zero-order valence-corrected chi connectivity index (χ0v) is 16.0. The lowest BCUT2D eigenvalue weighted by Gasteiger charge is -2.34. The van der Waals surface area contributed by atoms with Crippen molar-refractivity contribution < 1.29 is 23.5 Å². The zero-order valence-electron chi connectivity index (χ0n) is 16.0. The summed E-state index contributed by atoms with van der Waals surface area (Å²) in [7, 11) is 0. The second-order valence-electron chi connectivity index (χ2n) is 6.53. The van der Waals surface area contributed by atoms with Crippen LogP contribution in [0.3, 0.4) is 0 Å². The third-order valence-corrected chi connectivity index (χ3v) is 4.44. The van der Waals surface area contributed by atoms with E-state index < -0.39 is 23.7 Å². The van der Waals surface area contributed by atoms with Gasteiger partial charge in [-0.2, -0.15) is 0 Å². The molecule has 1 aliphatic heterocycles. The summed E-state index contributed by atoms with van der Waals surface area (Å²) in [5.74, 6) is -1.69. The van der Waals surface area contributed by atoms with E-state index in [0.29, 0.717) is 18.0 Å². The Bertz CT molecular complexity index is 918. The second kappa shape index (κ2) is 9.18. The van der Waals surface area contributed by atoms with Crippen LogP contribution in [0.1, 0.15) is 23.7 Å². The number of hydrogen-bond donors (Lipinski definition) is 2. The van der Waals surface area contributed by atoms with Gasteiger partial charge in [0.25, 0.3) is 11.8 Å². The van der Waals surface area contributed by atoms with Gasteiger partial charge < -0.3 is 20.3 Å². The molecule has 0 radical (unpaired) electrons. The number of amides is 3. The third kappa shape index (κ3) is 4.71. The Morgan fingerprint density at radius 1 is 1.10 bits per heavy atom. The summed E-state index contributed by atoms with van der Waals surface area (Å²) in [4.78, 5) is 38.7. The minimum absolute atomic E-state index is 0.0148. The van der Waals surface area contributed by atoms with Crippen LogP contribution in [0.2, 0.25) is 0 Å². The number of hydrogen-bond acceptors (Lipinski definition) is 4. The molecule has 29 heavy (non-hydrogen) atoms. The number of nitrogens with zero attached hydrogens (tertiary/aromatic N) is 1. The van der Waals surface area contributed by atoms with Crippen LogP contribution in [0, 0.1) is 5.82 Å². The zero-order chi connectivity index (χ0) is 20.8. The molecule has 0 aliphatic carbocycles. The van der Waals surface area contributed by atoms with Gasteiger partial charge in [-0.25, -0.2) is 4.39 Å². The molecule has 152 valence electrons. The standard InChI is InChI=1S/C21H22FN3O4/c1-2-11-23-21(28)18-13-25(16-9-5-6-10-17(16)29-18)19(26)12-24-20(27)14-7-3-4-8-15(14)22/h3-10,18H,2,11-13H2,1H3,(H,23,28)(H,24,27)/t18-/m1/s1. The number of carbonyl (C=O) groups is 3. The number of benzene rings is 2. The number of anilines is 1. The summed E-state index contributed by atoms with van der Waals surface area (Å²) in [6.45, 7) is 2.12. The minimum atomic E-state index is -0.859. The summed E-state index contributed by atoms with van der Waals surface area (Å²) in [6, 6.07) is 12.4. The van der Waals surface area contributed by atoms with Crippen molar-refractivity contribution >= 4 is 23.4 Å². The number of carbonyl (C=O) groups excluding carboxylic acids is 3. The van der Waals surface area contributed by atoms with Crippen LogP contribution in [0.4, 0.5) is 10.1 Å². The van der Waals surface area contributed by atoms with Crippen molar-refractivity contribution in [3.63, 3.8) is 0 Å². The summed E-state index contributed by atoms with van der Waals surface area (Å²) in [5, 5.41) is 5.19. The van der Waals surface area contributed by atoms with E-state index in [1.54, 1.807) is 24.3 Å². The highest BCUT2D eigenvalue weighted by molar-refractivity contribution is 6.02. The van der Waals surface area contributed by atoms with Crippen LogP contribution >= 0.6 is 0 Å². The van der Waals surface area contributed by atoms with Gasteiger partial charge in [-0.15, -0.1) is 0 Å². The van der Waals surface area contributed by atoms with E-state index in [0.717, 1.165) is 6.42 Å². The van der Waals surface area contributed by atoms with Crippen molar-refractivity contribution in [2.24, 2.45) is 0 Å². The fraction of sp³-hybridized carbons (Fsp3) is 0.286. The maximum absolute atomic E-state index is 13.7. The number of rotatable bonds is 6. The van der Waals surface area contributed by atoms with E-state index >= 15 is 0 Å². The number of fused-ring (bicyclic) bond motifs is 1. The number of halogens is 1. The lowest BCUT2D eigenvalue weighted by Crippen LogP contribution is -2.52. The normalized spacial score (nSPS) is 15.1. The van der Waals surface area contributed by atoms with Crippen molar-refractivity contribution in [1.29, 1.82) is 0 Å². The Hall–Kier alpha value is -3.42. The van der Waals surface area contributed by atoms with Crippen LogP contribution in [0.15, 0.2) is 48.5 Å². The molecule has 0 bridgehead atoms. The molecule has 8 heteroatoms. The summed E-state index contributed by atoms with van der Waals surface area (Å²) >= 11 is 0. The Morgan fingerprint density at radius 2 is 1.83 bits per heavy atom. The average molecular weight is 399 g/mol. The molecule has 3 rings (SSSR count). The minimum Gasteiger partial charge on any atom is -0.477 e. The third-order valence-electron chi connectivity index (χ3n) is 4.44. The maximum Gasteiger partial charge on any atom is 0.262 e. The fourth-order valence-corrected chi connectivity index (χ4v) is 2.96. The Kier molecular flexibility index (Phi) is 6.43. The molecule has 0 fully saturated rings. The summed E-state index contributed by atoms with van der Waals surface area (Å²) in [5.41, 5.74) is 0.372. The molecule has 2 N–H and O–H groups in total. The van der Waals surface area contributed by atoms with Gasteiger partial charge >= 0.3 is 0 Å². The Balaban J connectivity index is 1.72. The molecule has 1 atom stereocenters. The largest absolute Gasteiger partial charge is 0.477 e. The first-order chi connectivity index (χ1) is 14.0. The second-order valence-corrected chi connectivity index (χ2v) is 6.53. The van der Waals surface area contributed by atoms with Gasteiger partial charge in [-0.05, 0) is 30.7 Å². The molecule has 0 saturated heterocycles. The highest BCUT2D eigenvalue weighted by atomic mass is 19.1. The summed E-state index contributed by atoms with van der Waals surface area (Å²) < 4.78 is 19.5. The molecule has 7 nitrogen and oxygen atoms in total. The van der Waals surface area contributed by atoms with E-state index in [9.17, 15) is 18.8 Å². The molecular weight excluding hydrogens is 377 g/mol. The van der Waals surface area contributed by atoms with Crippen LogP contribution in [-0.2, 0) is 9.59 Å². The van der Waals surface area contributed by atoms with Crippen LogP contribution in [0.25, 0.3) is 0 Å². The molecule has 1 aliphatic rings. The first kappa shape index (κ1) is 20.3. The van der Waals surface area contributed by atoms with E-state index in [1.807, 2.05) is 6.92 Å². The topological polar surface area (TPSA) is 87.7 Å². The lowest BCUT2D eigenvalue weighted by molar-refractivity contribution is -0.128. The van der Waals surface area contributed by atoms with Gasteiger partial charge in [-0.3, -0.25) is 14.4 Å². The van der Waals surface area contributed by atoms with Gasteiger partial charge in [0.1, 0.15) is 11.6 Å². The SMILES string of the molecule is CCCNC(=O)[C@H]1CN(C(=O)CNC(=O)c2ccccc2F)c2ccccc2O1. The number of para-hydroxylation sites is 2. The molecule has 0 unspecified atom stereocenters. The molecule has 0 spiro atoms.